The van der Waals surface area contributed by atoms with Crippen LogP contribution in [0, 0.1) is 11.6 Å². The molecule has 9 heteroatoms. The van der Waals surface area contributed by atoms with Gasteiger partial charge in [-0.25, -0.2) is 23.5 Å². The van der Waals surface area contributed by atoms with Gasteiger partial charge in [0.25, 0.3) is 0 Å². The summed E-state index contributed by atoms with van der Waals surface area (Å²) in [4.78, 5) is 22.4. The SMILES string of the molecule is CNc1ccc(-c2ccnc3c2cc(CN2CCC(c4c(F)cc(C(=O)O)cc4F)CC2)n3C)cn1. The molecule has 1 aliphatic rings. The zero-order valence-corrected chi connectivity index (χ0v) is 20.1. The number of nitrogens with zero attached hydrogens (tertiary/aromatic N) is 4. The predicted octanol–water partition coefficient (Wildman–Crippen LogP) is 5.03. The van der Waals surface area contributed by atoms with Crippen LogP contribution in [0.3, 0.4) is 0 Å². The summed E-state index contributed by atoms with van der Waals surface area (Å²) in [7, 11) is 3.83. The molecular weight excluding hydrogens is 464 g/mol. The van der Waals surface area contributed by atoms with Crippen LogP contribution in [0.4, 0.5) is 14.6 Å². The minimum Gasteiger partial charge on any atom is -0.478 e. The lowest BCUT2D eigenvalue weighted by Gasteiger charge is -2.32. The fraction of sp³-hybridized carbons (Fsp3) is 0.296. The molecule has 0 atom stereocenters. The number of piperidine rings is 1. The van der Waals surface area contributed by atoms with Crippen molar-refractivity contribution in [2.75, 3.05) is 25.5 Å². The third-order valence-electron chi connectivity index (χ3n) is 7.07. The molecule has 3 aromatic heterocycles. The number of nitrogens with one attached hydrogen (secondary N) is 1. The quantitative estimate of drug-likeness (QED) is 0.394. The van der Waals surface area contributed by atoms with Crippen LogP contribution in [0.25, 0.3) is 22.2 Å². The molecule has 2 N–H and O–H groups in total. The number of fused-ring (bicyclic) bond motifs is 1. The Hall–Kier alpha value is -3.85. The molecule has 1 aliphatic heterocycles. The highest BCUT2D eigenvalue weighted by atomic mass is 19.1. The first-order chi connectivity index (χ1) is 17.4. The molecular formula is C27H27F2N5O2. The Morgan fingerprint density at radius 2 is 1.83 bits per heavy atom. The Bertz CT molecular complexity index is 1400. The van der Waals surface area contributed by atoms with E-state index < -0.39 is 17.6 Å². The first kappa shape index (κ1) is 23.9. The topological polar surface area (TPSA) is 83.3 Å². The number of hydrogen-bond donors (Lipinski definition) is 2. The van der Waals surface area contributed by atoms with Crippen molar-refractivity contribution in [3.05, 3.63) is 77.2 Å². The number of hydrogen-bond acceptors (Lipinski definition) is 5. The Labute approximate surface area is 207 Å². The Balaban J connectivity index is 1.33. The zero-order valence-electron chi connectivity index (χ0n) is 20.1. The standard InChI is InChI=1S/C27H27F2N5O2/c1-30-24-4-3-17(14-32-24)20-5-8-31-26-21(20)13-19(33(26)2)15-34-9-6-16(7-10-34)25-22(28)11-18(27(35)36)12-23(25)29/h3-5,8,11-14,16H,6-7,9-10,15H2,1-2H3,(H,30,32)(H,35,36). The lowest BCUT2D eigenvalue weighted by atomic mass is 9.88. The van der Waals surface area contributed by atoms with Gasteiger partial charge >= 0.3 is 5.97 Å². The molecule has 1 aromatic carbocycles. The smallest absolute Gasteiger partial charge is 0.335 e. The molecule has 7 nitrogen and oxygen atoms in total. The van der Waals surface area contributed by atoms with Crippen molar-refractivity contribution in [2.24, 2.45) is 7.05 Å². The van der Waals surface area contributed by atoms with E-state index in [0.717, 1.165) is 45.8 Å². The van der Waals surface area contributed by atoms with E-state index in [1.807, 2.05) is 38.5 Å². The molecule has 36 heavy (non-hydrogen) atoms. The minimum atomic E-state index is -1.34. The van der Waals surface area contributed by atoms with E-state index in [2.05, 4.69) is 30.8 Å². The fourth-order valence-corrected chi connectivity index (χ4v) is 5.08. The predicted molar refractivity (Wildman–Crippen MR) is 134 cm³/mol. The maximum absolute atomic E-state index is 14.6. The number of pyridine rings is 2. The molecule has 186 valence electrons. The molecule has 0 spiro atoms. The summed E-state index contributed by atoms with van der Waals surface area (Å²) >= 11 is 0. The summed E-state index contributed by atoms with van der Waals surface area (Å²) in [6.07, 6.45) is 4.84. The van der Waals surface area contributed by atoms with Gasteiger partial charge < -0.3 is 15.0 Å². The van der Waals surface area contributed by atoms with Crippen LogP contribution in [0.1, 0.15) is 40.4 Å². The molecule has 4 heterocycles. The molecule has 4 aromatic rings. The van der Waals surface area contributed by atoms with Gasteiger partial charge in [-0.1, -0.05) is 0 Å². The third kappa shape index (κ3) is 4.42. The molecule has 0 aliphatic carbocycles. The summed E-state index contributed by atoms with van der Waals surface area (Å²) in [6, 6.07) is 9.94. The summed E-state index contributed by atoms with van der Waals surface area (Å²) < 4.78 is 31.2. The van der Waals surface area contributed by atoms with E-state index >= 15 is 0 Å². The first-order valence-corrected chi connectivity index (χ1v) is 11.9. The van der Waals surface area contributed by atoms with E-state index in [9.17, 15) is 13.6 Å². The average molecular weight is 492 g/mol. The second-order valence-corrected chi connectivity index (χ2v) is 9.18. The van der Waals surface area contributed by atoms with Crippen LogP contribution >= 0.6 is 0 Å². The van der Waals surface area contributed by atoms with Gasteiger partial charge in [0.05, 0.1) is 5.56 Å². The highest BCUT2D eigenvalue weighted by Gasteiger charge is 2.27. The van der Waals surface area contributed by atoms with Crippen LogP contribution in [0.2, 0.25) is 0 Å². The van der Waals surface area contributed by atoms with Crippen LogP contribution in [-0.4, -0.2) is 50.6 Å². The van der Waals surface area contributed by atoms with Crippen LogP contribution in [0.5, 0.6) is 0 Å². The number of carboxylic acid groups (broad SMARTS) is 1. The average Bonchev–Trinajstić information content (AvgIpc) is 3.19. The van der Waals surface area contributed by atoms with Crippen molar-refractivity contribution < 1.29 is 18.7 Å². The number of benzene rings is 1. The second kappa shape index (κ2) is 9.66. The highest BCUT2D eigenvalue weighted by Crippen LogP contribution is 2.34. The lowest BCUT2D eigenvalue weighted by molar-refractivity contribution is 0.0695. The Morgan fingerprint density at radius 3 is 2.44 bits per heavy atom. The summed E-state index contributed by atoms with van der Waals surface area (Å²) in [6.45, 7) is 2.06. The molecule has 0 unspecified atom stereocenters. The minimum absolute atomic E-state index is 0.00371. The van der Waals surface area contributed by atoms with Crippen LogP contribution in [0.15, 0.2) is 48.8 Å². The third-order valence-corrected chi connectivity index (χ3v) is 7.07. The van der Waals surface area contributed by atoms with Crippen molar-refractivity contribution in [2.45, 2.75) is 25.3 Å². The fourth-order valence-electron chi connectivity index (χ4n) is 5.08. The molecule has 0 saturated carbocycles. The highest BCUT2D eigenvalue weighted by molar-refractivity contribution is 5.93. The number of rotatable bonds is 6. The second-order valence-electron chi connectivity index (χ2n) is 9.18. The lowest BCUT2D eigenvalue weighted by Crippen LogP contribution is -2.33. The summed E-state index contributed by atoms with van der Waals surface area (Å²) in [5.41, 5.74) is 3.69. The molecule has 1 fully saturated rings. The number of anilines is 1. The van der Waals surface area contributed by atoms with E-state index in [4.69, 9.17) is 5.11 Å². The summed E-state index contributed by atoms with van der Waals surface area (Å²) in [5, 5.41) is 13.1. The van der Waals surface area contributed by atoms with E-state index in [1.165, 1.54) is 0 Å². The van der Waals surface area contributed by atoms with Crippen molar-refractivity contribution in [1.29, 1.82) is 0 Å². The van der Waals surface area contributed by atoms with E-state index in [0.29, 0.717) is 32.5 Å². The Morgan fingerprint density at radius 1 is 1.11 bits per heavy atom. The molecule has 0 radical (unpaired) electrons. The maximum Gasteiger partial charge on any atom is 0.335 e. The van der Waals surface area contributed by atoms with Gasteiger partial charge in [0.1, 0.15) is 23.1 Å². The number of carboxylic acids is 1. The van der Waals surface area contributed by atoms with Crippen molar-refractivity contribution in [1.82, 2.24) is 19.4 Å². The monoisotopic (exact) mass is 491 g/mol. The summed E-state index contributed by atoms with van der Waals surface area (Å²) in [5.74, 6) is -2.38. The number of aromatic nitrogens is 3. The van der Waals surface area contributed by atoms with Gasteiger partial charge in [0, 0.05) is 55.2 Å². The molecule has 0 bridgehead atoms. The van der Waals surface area contributed by atoms with Gasteiger partial charge in [-0.05, 0) is 73.8 Å². The molecule has 0 amide bonds. The van der Waals surface area contributed by atoms with Crippen molar-refractivity contribution >= 4 is 22.8 Å². The number of aromatic carboxylic acids is 1. The molecule has 5 rings (SSSR count). The van der Waals surface area contributed by atoms with Gasteiger partial charge in [-0.3, -0.25) is 4.90 Å². The van der Waals surface area contributed by atoms with Gasteiger partial charge in [0.2, 0.25) is 0 Å². The van der Waals surface area contributed by atoms with Crippen LogP contribution < -0.4 is 5.32 Å². The zero-order chi connectivity index (χ0) is 25.4. The van der Waals surface area contributed by atoms with Gasteiger partial charge in [-0.2, -0.15) is 0 Å². The maximum atomic E-state index is 14.6. The van der Waals surface area contributed by atoms with Crippen molar-refractivity contribution in [3.8, 4) is 11.1 Å². The number of carbonyl (C=O) groups is 1. The van der Waals surface area contributed by atoms with E-state index in [1.54, 1.807) is 6.20 Å². The number of likely N-dealkylation sites (tertiary alicyclic amines) is 1. The number of halogens is 2. The van der Waals surface area contributed by atoms with Gasteiger partial charge in [0.15, 0.2) is 0 Å². The van der Waals surface area contributed by atoms with E-state index in [-0.39, 0.29) is 17.0 Å². The Kier molecular flexibility index (Phi) is 6.40. The normalized spacial score (nSPS) is 14.9. The van der Waals surface area contributed by atoms with Gasteiger partial charge in [-0.15, -0.1) is 0 Å². The van der Waals surface area contributed by atoms with Crippen molar-refractivity contribution in [3.63, 3.8) is 0 Å². The first-order valence-electron chi connectivity index (χ1n) is 11.9. The number of aryl methyl sites for hydroxylation is 1. The molecule has 1 saturated heterocycles. The van der Waals surface area contributed by atoms with Crippen LogP contribution in [-0.2, 0) is 13.6 Å². The largest absolute Gasteiger partial charge is 0.478 e.